The summed E-state index contributed by atoms with van der Waals surface area (Å²) in [4.78, 5) is 0. The van der Waals surface area contributed by atoms with Crippen LogP contribution in [0.2, 0.25) is 0 Å². The molecule has 3 nitrogen and oxygen atoms in total. The van der Waals surface area contributed by atoms with Crippen LogP contribution >= 0.6 is 0 Å². The Morgan fingerprint density at radius 1 is 1.10 bits per heavy atom. The van der Waals surface area contributed by atoms with Gasteiger partial charge in [-0.2, -0.15) is 0 Å². The molecule has 2 aromatic carbocycles. The normalized spacial score (nSPS) is 24.4. The fourth-order valence-corrected chi connectivity index (χ4v) is 5.80. The number of aliphatic hydroxyl groups is 1. The van der Waals surface area contributed by atoms with Crippen molar-refractivity contribution in [3.8, 4) is 11.5 Å². The van der Waals surface area contributed by atoms with Crippen LogP contribution in [0.4, 0.5) is 0 Å². The molecule has 0 amide bonds. The van der Waals surface area contributed by atoms with Crippen LogP contribution in [0, 0.1) is 17.8 Å². The number of hydrogen-bond acceptors (Lipinski definition) is 3. The molecule has 166 valence electrons. The van der Waals surface area contributed by atoms with Crippen LogP contribution in [-0.4, -0.2) is 24.9 Å². The molecular weight excluding hydrogens is 384 g/mol. The highest BCUT2D eigenvalue weighted by Crippen LogP contribution is 2.51. The molecule has 0 spiro atoms. The third kappa shape index (κ3) is 4.98. The Labute approximate surface area is 187 Å². The predicted octanol–water partition coefficient (Wildman–Crippen LogP) is 6.16. The lowest BCUT2D eigenvalue weighted by atomic mass is 9.59. The molecule has 2 aliphatic rings. The summed E-state index contributed by atoms with van der Waals surface area (Å²) in [7, 11) is 1.75. The summed E-state index contributed by atoms with van der Waals surface area (Å²) in [6.45, 7) is 7.03. The van der Waals surface area contributed by atoms with Gasteiger partial charge in [0.1, 0.15) is 18.1 Å². The van der Waals surface area contributed by atoms with Crippen LogP contribution in [0.25, 0.3) is 0 Å². The van der Waals surface area contributed by atoms with Gasteiger partial charge in [0.25, 0.3) is 0 Å². The molecule has 0 radical (unpaired) electrons. The highest BCUT2D eigenvalue weighted by molar-refractivity contribution is 5.41. The number of rotatable bonds is 8. The van der Waals surface area contributed by atoms with Crippen LogP contribution < -0.4 is 9.47 Å². The van der Waals surface area contributed by atoms with Crippen LogP contribution in [0.3, 0.4) is 0 Å². The number of ether oxygens (including phenoxy) is 2. The second-order valence-corrected chi connectivity index (χ2v) is 9.42. The van der Waals surface area contributed by atoms with E-state index in [9.17, 15) is 5.11 Å². The molecular formula is C28H36O3. The molecule has 2 aromatic rings. The van der Waals surface area contributed by atoms with Gasteiger partial charge in [-0.3, -0.25) is 0 Å². The highest BCUT2D eigenvalue weighted by Gasteiger charge is 2.40. The van der Waals surface area contributed by atoms with Crippen molar-refractivity contribution in [3.63, 3.8) is 0 Å². The summed E-state index contributed by atoms with van der Waals surface area (Å²) in [5, 5.41) is 10.6. The Bertz CT molecular complexity index is 875. The van der Waals surface area contributed by atoms with E-state index in [1.54, 1.807) is 7.11 Å². The van der Waals surface area contributed by atoms with E-state index in [0.29, 0.717) is 36.7 Å². The fraction of sp³-hybridized carbons (Fsp3) is 0.500. The maximum Gasteiger partial charge on any atom is 0.119 e. The average Bonchev–Trinajstić information content (AvgIpc) is 2.82. The van der Waals surface area contributed by atoms with E-state index >= 15 is 0 Å². The number of benzene rings is 2. The number of para-hydroxylation sites is 1. The standard InChI is InChI=1S/C28H36O3/c1-19(15-22(29)18-31-23-9-5-4-6-10-23)20(2)27-16-21-13-14-24(30-3)17-28(21)26-12-8-7-11-25(26)27/h4-6,9-10,13-14,17,20,22,25-27,29H,1,7-8,11-12,15-16,18H2,2-3H3. The molecule has 3 heteroatoms. The largest absolute Gasteiger partial charge is 0.497 e. The van der Waals surface area contributed by atoms with Gasteiger partial charge < -0.3 is 14.6 Å². The Balaban J connectivity index is 1.43. The van der Waals surface area contributed by atoms with Gasteiger partial charge in [-0.05, 0) is 84.7 Å². The van der Waals surface area contributed by atoms with Crippen molar-refractivity contribution in [1.82, 2.24) is 0 Å². The molecule has 0 aliphatic heterocycles. The minimum Gasteiger partial charge on any atom is -0.497 e. The Morgan fingerprint density at radius 2 is 1.87 bits per heavy atom. The van der Waals surface area contributed by atoms with Crippen LogP contribution in [0.15, 0.2) is 60.7 Å². The Morgan fingerprint density at radius 3 is 2.65 bits per heavy atom. The Hall–Kier alpha value is -2.26. The van der Waals surface area contributed by atoms with Crippen molar-refractivity contribution in [2.45, 2.75) is 57.5 Å². The van der Waals surface area contributed by atoms with Crippen molar-refractivity contribution in [2.24, 2.45) is 17.8 Å². The average molecular weight is 421 g/mol. The van der Waals surface area contributed by atoms with Crippen molar-refractivity contribution in [3.05, 3.63) is 71.8 Å². The molecule has 4 rings (SSSR count). The minimum atomic E-state index is -0.530. The first-order chi connectivity index (χ1) is 15.1. The maximum absolute atomic E-state index is 10.6. The highest BCUT2D eigenvalue weighted by atomic mass is 16.5. The summed E-state index contributed by atoms with van der Waals surface area (Å²) in [5.74, 6) is 4.05. The van der Waals surface area contributed by atoms with Gasteiger partial charge in [-0.15, -0.1) is 0 Å². The van der Waals surface area contributed by atoms with Crippen LogP contribution in [-0.2, 0) is 6.42 Å². The molecule has 2 aliphatic carbocycles. The summed E-state index contributed by atoms with van der Waals surface area (Å²) < 4.78 is 11.3. The topological polar surface area (TPSA) is 38.7 Å². The van der Waals surface area contributed by atoms with Crippen LogP contribution in [0.5, 0.6) is 11.5 Å². The lowest BCUT2D eigenvalue weighted by Crippen LogP contribution is -2.36. The maximum atomic E-state index is 10.6. The molecule has 5 unspecified atom stereocenters. The zero-order chi connectivity index (χ0) is 21.8. The number of hydrogen-bond donors (Lipinski definition) is 1. The molecule has 1 fully saturated rings. The monoisotopic (exact) mass is 420 g/mol. The molecule has 1 N–H and O–H groups in total. The van der Waals surface area contributed by atoms with Crippen molar-refractivity contribution >= 4 is 0 Å². The Kier molecular flexibility index (Phi) is 7.02. The van der Waals surface area contributed by atoms with E-state index in [-0.39, 0.29) is 0 Å². The number of methoxy groups -OCH3 is 1. The van der Waals surface area contributed by atoms with E-state index in [2.05, 4.69) is 31.7 Å². The van der Waals surface area contributed by atoms with Gasteiger partial charge in [-0.1, -0.05) is 56.2 Å². The SMILES string of the molecule is C=C(CC(O)COc1ccccc1)C(C)C1Cc2ccc(OC)cc2C2CCCCC21. The zero-order valence-electron chi connectivity index (χ0n) is 18.9. The molecule has 1 saturated carbocycles. The quantitative estimate of drug-likeness (QED) is 0.520. The van der Waals surface area contributed by atoms with Gasteiger partial charge >= 0.3 is 0 Å². The zero-order valence-corrected chi connectivity index (χ0v) is 18.9. The predicted molar refractivity (Wildman–Crippen MR) is 126 cm³/mol. The van der Waals surface area contributed by atoms with Gasteiger partial charge in [0.15, 0.2) is 0 Å². The first-order valence-corrected chi connectivity index (χ1v) is 11.8. The van der Waals surface area contributed by atoms with Crippen LogP contribution in [0.1, 0.15) is 56.1 Å². The van der Waals surface area contributed by atoms with Crippen molar-refractivity contribution < 1.29 is 14.6 Å². The molecule has 0 heterocycles. The fourth-order valence-electron chi connectivity index (χ4n) is 5.80. The van der Waals surface area contributed by atoms with E-state index in [0.717, 1.165) is 23.5 Å². The van der Waals surface area contributed by atoms with Gasteiger partial charge in [0.05, 0.1) is 13.2 Å². The van der Waals surface area contributed by atoms with E-state index < -0.39 is 6.10 Å². The van der Waals surface area contributed by atoms with E-state index in [1.807, 2.05) is 30.3 Å². The summed E-state index contributed by atoms with van der Waals surface area (Å²) in [5.41, 5.74) is 4.13. The molecule has 0 saturated heterocycles. The summed E-state index contributed by atoms with van der Waals surface area (Å²) in [6, 6.07) is 16.3. The number of aliphatic hydroxyl groups excluding tert-OH is 1. The number of fused-ring (bicyclic) bond motifs is 3. The van der Waals surface area contributed by atoms with Gasteiger partial charge in [0, 0.05) is 0 Å². The van der Waals surface area contributed by atoms with Crippen molar-refractivity contribution in [1.29, 1.82) is 0 Å². The second kappa shape index (κ2) is 9.91. The first-order valence-electron chi connectivity index (χ1n) is 11.8. The minimum absolute atomic E-state index is 0.301. The summed E-state index contributed by atoms with van der Waals surface area (Å²) in [6.07, 6.45) is 6.36. The summed E-state index contributed by atoms with van der Waals surface area (Å²) >= 11 is 0. The lowest BCUT2D eigenvalue weighted by Gasteiger charge is -2.45. The lowest BCUT2D eigenvalue weighted by molar-refractivity contribution is 0.0998. The molecule has 31 heavy (non-hydrogen) atoms. The van der Waals surface area contributed by atoms with E-state index in [1.165, 1.54) is 36.8 Å². The van der Waals surface area contributed by atoms with Gasteiger partial charge in [0.2, 0.25) is 0 Å². The molecule has 5 atom stereocenters. The molecule has 0 bridgehead atoms. The first kappa shape index (κ1) is 22.0. The van der Waals surface area contributed by atoms with E-state index in [4.69, 9.17) is 9.47 Å². The smallest absolute Gasteiger partial charge is 0.119 e. The second-order valence-electron chi connectivity index (χ2n) is 9.42. The van der Waals surface area contributed by atoms with Gasteiger partial charge in [-0.25, -0.2) is 0 Å². The third-order valence-electron chi connectivity index (χ3n) is 7.55. The third-order valence-corrected chi connectivity index (χ3v) is 7.55. The molecule has 0 aromatic heterocycles. The van der Waals surface area contributed by atoms with Crippen molar-refractivity contribution in [2.75, 3.05) is 13.7 Å².